The van der Waals surface area contributed by atoms with Crippen LogP contribution in [0.2, 0.25) is 0 Å². The van der Waals surface area contributed by atoms with Gasteiger partial charge in [0.1, 0.15) is 5.60 Å². The number of likely N-dealkylation sites (tertiary alicyclic amines) is 1. The van der Waals surface area contributed by atoms with Crippen molar-refractivity contribution >= 4 is 6.09 Å². The van der Waals surface area contributed by atoms with Crippen LogP contribution in [0.25, 0.3) is 0 Å². The van der Waals surface area contributed by atoms with Crippen molar-refractivity contribution in [2.75, 3.05) is 19.7 Å². The predicted molar refractivity (Wildman–Crippen MR) is 76.2 cm³/mol. The molecule has 1 heterocycles. The third-order valence-corrected chi connectivity index (χ3v) is 2.95. The Balaban J connectivity index is 2.18. The van der Waals surface area contributed by atoms with E-state index in [1.807, 2.05) is 26.8 Å². The predicted octanol–water partition coefficient (Wildman–Crippen LogP) is 3.37. The third-order valence-electron chi connectivity index (χ3n) is 2.95. The molecule has 0 unspecified atom stereocenters. The third kappa shape index (κ3) is 6.62. The Hall–Kier alpha value is -1.03. The van der Waals surface area contributed by atoms with Crippen molar-refractivity contribution in [2.45, 2.75) is 58.2 Å². The molecule has 0 bridgehead atoms. The number of hydrogen-bond donors (Lipinski definition) is 0. The smallest absolute Gasteiger partial charge is 0.410 e. The Morgan fingerprint density at radius 2 is 2.16 bits per heavy atom. The first kappa shape index (κ1) is 16.0. The van der Waals surface area contributed by atoms with Crippen LogP contribution < -0.4 is 0 Å². The van der Waals surface area contributed by atoms with Gasteiger partial charge in [0.2, 0.25) is 0 Å². The molecule has 1 aliphatic heterocycles. The van der Waals surface area contributed by atoms with Crippen molar-refractivity contribution in [2.24, 2.45) is 0 Å². The molecule has 110 valence electrons. The zero-order valence-electron chi connectivity index (χ0n) is 12.5. The number of rotatable bonds is 6. The number of hydrogen-bond acceptors (Lipinski definition) is 3. The van der Waals surface area contributed by atoms with Crippen LogP contribution in [0.4, 0.5) is 4.79 Å². The zero-order chi connectivity index (χ0) is 14.3. The van der Waals surface area contributed by atoms with Gasteiger partial charge in [-0.05, 0) is 46.5 Å². The Morgan fingerprint density at radius 1 is 1.42 bits per heavy atom. The van der Waals surface area contributed by atoms with Crippen LogP contribution in [-0.4, -0.2) is 42.4 Å². The van der Waals surface area contributed by atoms with E-state index in [2.05, 4.69) is 6.58 Å². The average molecular weight is 269 g/mol. The first-order chi connectivity index (χ1) is 8.92. The summed E-state index contributed by atoms with van der Waals surface area (Å²) in [4.78, 5) is 13.6. The zero-order valence-corrected chi connectivity index (χ0v) is 12.5. The summed E-state index contributed by atoms with van der Waals surface area (Å²) in [5.41, 5.74) is -0.430. The minimum Gasteiger partial charge on any atom is -0.444 e. The first-order valence-electron chi connectivity index (χ1n) is 7.13. The highest BCUT2D eigenvalue weighted by atomic mass is 16.6. The second-order valence-corrected chi connectivity index (χ2v) is 5.99. The molecule has 1 amide bonds. The molecule has 4 nitrogen and oxygen atoms in total. The van der Waals surface area contributed by atoms with Crippen molar-refractivity contribution in [3.8, 4) is 0 Å². The molecule has 0 spiro atoms. The van der Waals surface area contributed by atoms with Gasteiger partial charge in [0.15, 0.2) is 0 Å². The summed E-state index contributed by atoms with van der Waals surface area (Å²) in [7, 11) is 0. The van der Waals surface area contributed by atoms with Crippen LogP contribution in [-0.2, 0) is 9.47 Å². The lowest BCUT2D eigenvalue weighted by molar-refractivity contribution is 0.0207. The molecular formula is C15H27NO3. The van der Waals surface area contributed by atoms with E-state index in [0.717, 1.165) is 38.8 Å². The number of carbonyl (C=O) groups is 1. The lowest BCUT2D eigenvalue weighted by atomic mass is 10.2. The summed E-state index contributed by atoms with van der Waals surface area (Å²) in [5, 5.41) is 0. The summed E-state index contributed by atoms with van der Waals surface area (Å²) in [6.07, 6.45) is 5.97. The molecule has 0 aromatic heterocycles. The highest BCUT2D eigenvalue weighted by molar-refractivity contribution is 5.68. The van der Waals surface area contributed by atoms with Crippen molar-refractivity contribution in [3.63, 3.8) is 0 Å². The number of nitrogens with zero attached hydrogens (tertiary/aromatic N) is 1. The molecule has 0 N–H and O–H groups in total. The fraction of sp³-hybridized carbons (Fsp3) is 0.800. The van der Waals surface area contributed by atoms with Crippen molar-refractivity contribution in [3.05, 3.63) is 12.7 Å². The monoisotopic (exact) mass is 269 g/mol. The maximum Gasteiger partial charge on any atom is 0.410 e. The fourth-order valence-corrected chi connectivity index (χ4v) is 2.00. The second-order valence-electron chi connectivity index (χ2n) is 5.99. The number of unbranched alkanes of at least 4 members (excludes halogenated alkanes) is 2. The highest BCUT2D eigenvalue weighted by Crippen LogP contribution is 2.17. The van der Waals surface area contributed by atoms with E-state index in [1.165, 1.54) is 0 Å². The van der Waals surface area contributed by atoms with Crippen molar-refractivity contribution in [1.29, 1.82) is 0 Å². The maximum absolute atomic E-state index is 11.9. The van der Waals surface area contributed by atoms with E-state index >= 15 is 0 Å². The van der Waals surface area contributed by atoms with Crippen LogP contribution in [0, 0.1) is 0 Å². The van der Waals surface area contributed by atoms with Gasteiger partial charge in [-0.3, -0.25) is 0 Å². The van der Waals surface area contributed by atoms with E-state index in [0.29, 0.717) is 6.54 Å². The van der Waals surface area contributed by atoms with Crippen molar-refractivity contribution < 1.29 is 14.3 Å². The summed E-state index contributed by atoms with van der Waals surface area (Å²) in [5.74, 6) is 0. The standard InChI is InChI=1S/C15H27NO3/c1-5-6-7-8-11-18-13-9-10-16(12-13)14(17)19-15(2,3)4/h5,13H,1,6-12H2,2-4H3/t13-/m1/s1. The van der Waals surface area contributed by atoms with Crippen LogP contribution in [0.3, 0.4) is 0 Å². The molecule has 19 heavy (non-hydrogen) atoms. The molecule has 1 fully saturated rings. The summed E-state index contributed by atoms with van der Waals surface area (Å²) in [6, 6.07) is 0. The Morgan fingerprint density at radius 3 is 2.79 bits per heavy atom. The molecule has 0 aromatic carbocycles. The van der Waals surface area contributed by atoms with Gasteiger partial charge in [-0.1, -0.05) is 6.08 Å². The van der Waals surface area contributed by atoms with Gasteiger partial charge < -0.3 is 14.4 Å². The molecular weight excluding hydrogens is 242 g/mol. The van der Waals surface area contributed by atoms with Gasteiger partial charge in [0.05, 0.1) is 12.6 Å². The van der Waals surface area contributed by atoms with E-state index in [1.54, 1.807) is 4.90 Å². The Bertz CT molecular complexity index is 296. The van der Waals surface area contributed by atoms with Gasteiger partial charge in [-0.2, -0.15) is 0 Å². The summed E-state index contributed by atoms with van der Waals surface area (Å²) >= 11 is 0. The number of ether oxygens (including phenoxy) is 2. The van der Waals surface area contributed by atoms with Gasteiger partial charge in [0.25, 0.3) is 0 Å². The average Bonchev–Trinajstić information content (AvgIpc) is 2.75. The lowest BCUT2D eigenvalue weighted by Crippen LogP contribution is -2.36. The van der Waals surface area contributed by atoms with Crippen LogP contribution in [0.15, 0.2) is 12.7 Å². The summed E-state index contributed by atoms with van der Waals surface area (Å²) < 4.78 is 11.1. The molecule has 4 heteroatoms. The van der Waals surface area contributed by atoms with Crippen LogP contribution in [0.5, 0.6) is 0 Å². The summed E-state index contributed by atoms with van der Waals surface area (Å²) in [6.45, 7) is 11.5. The maximum atomic E-state index is 11.9. The molecule has 1 atom stereocenters. The molecule has 0 saturated carbocycles. The molecule has 0 aliphatic carbocycles. The highest BCUT2D eigenvalue weighted by Gasteiger charge is 2.29. The fourth-order valence-electron chi connectivity index (χ4n) is 2.00. The second kappa shape index (κ2) is 7.53. The molecule has 0 aromatic rings. The minimum atomic E-state index is -0.430. The minimum absolute atomic E-state index is 0.163. The van der Waals surface area contributed by atoms with Gasteiger partial charge in [-0.25, -0.2) is 4.79 Å². The number of allylic oxidation sites excluding steroid dienone is 1. The number of carbonyl (C=O) groups excluding carboxylic acids is 1. The largest absolute Gasteiger partial charge is 0.444 e. The van der Waals surface area contributed by atoms with Crippen molar-refractivity contribution in [1.82, 2.24) is 4.90 Å². The van der Waals surface area contributed by atoms with Gasteiger partial charge >= 0.3 is 6.09 Å². The van der Waals surface area contributed by atoms with E-state index in [9.17, 15) is 4.79 Å². The van der Waals surface area contributed by atoms with E-state index < -0.39 is 5.60 Å². The van der Waals surface area contributed by atoms with E-state index in [-0.39, 0.29) is 12.2 Å². The molecule has 1 aliphatic rings. The topological polar surface area (TPSA) is 38.8 Å². The SMILES string of the molecule is C=CCCCCO[C@@H]1CCN(C(=O)OC(C)(C)C)C1. The molecule has 1 saturated heterocycles. The Kier molecular flexibility index (Phi) is 6.35. The van der Waals surface area contributed by atoms with Gasteiger partial charge in [-0.15, -0.1) is 6.58 Å². The Labute approximate surface area is 116 Å². The van der Waals surface area contributed by atoms with Crippen LogP contribution >= 0.6 is 0 Å². The van der Waals surface area contributed by atoms with E-state index in [4.69, 9.17) is 9.47 Å². The molecule has 0 radical (unpaired) electrons. The quantitative estimate of drug-likeness (QED) is 0.548. The normalized spacial score (nSPS) is 19.5. The number of amides is 1. The molecule has 1 rings (SSSR count). The van der Waals surface area contributed by atoms with Crippen LogP contribution in [0.1, 0.15) is 46.5 Å². The first-order valence-corrected chi connectivity index (χ1v) is 7.13. The lowest BCUT2D eigenvalue weighted by Gasteiger charge is -2.24. The van der Waals surface area contributed by atoms with Gasteiger partial charge in [0, 0.05) is 13.2 Å².